The van der Waals surface area contributed by atoms with Gasteiger partial charge in [0.25, 0.3) is 0 Å². The SMILES string of the molecule is CCC(=Nc1ccc(C(F)(F)F)cc1C)[I-]C(CC)OC(=O)N1CCN(C(c2ccc3c(c2)COCO3)c2ccc3c(c2)COCO3)CC1. The summed E-state index contributed by atoms with van der Waals surface area (Å²) < 4.78 is 68.5. The molecule has 13 heteroatoms. The fourth-order valence-corrected chi connectivity index (χ4v) is 8.54. The molecule has 3 aromatic carbocycles. The number of halogens is 4. The monoisotopic (exact) mass is 794 g/mol. The Morgan fingerprint density at radius 2 is 1.51 bits per heavy atom. The Morgan fingerprint density at radius 3 is 2.04 bits per heavy atom. The van der Waals surface area contributed by atoms with Crippen LogP contribution in [-0.4, -0.2) is 63.5 Å². The van der Waals surface area contributed by atoms with Gasteiger partial charge in [-0.3, -0.25) is 0 Å². The van der Waals surface area contributed by atoms with Crippen molar-refractivity contribution in [1.82, 2.24) is 9.80 Å². The quantitative estimate of drug-likeness (QED) is 0.179. The van der Waals surface area contributed by atoms with Crippen molar-refractivity contribution >= 4 is 15.5 Å². The molecule has 0 radical (unpaired) electrons. The summed E-state index contributed by atoms with van der Waals surface area (Å²) in [5, 5.41) is 0. The maximum atomic E-state index is 13.4. The van der Waals surface area contributed by atoms with Gasteiger partial charge < -0.3 is 18.9 Å². The van der Waals surface area contributed by atoms with Crippen LogP contribution in [0, 0.1) is 6.92 Å². The molecule has 0 bridgehead atoms. The van der Waals surface area contributed by atoms with E-state index in [9.17, 15) is 18.0 Å². The summed E-state index contributed by atoms with van der Waals surface area (Å²) in [5.74, 6) is 1.65. The molecule has 0 N–H and O–H groups in total. The molecule has 0 spiro atoms. The van der Waals surface area contributed by atoms with Gasteiger partial charge in [0.2, 0.25) is 0 Å². The number of carbonyl (C=O) groups excluding carboxylic acids is 1. The van der Waals surface area contributed by atoms with Crippen LogP contribution in [0.3, 0.4) is 0 Å². The number of piperazine rings is 1. The minimum atomic E-state index is -4.40. The molecule has 3 aliphatic heterocycles. The standard InChI is InChI=1S/C36H40F3IN3O6/c1-4-32(41-29-9-8-28(16-23(29)3)36(37,38)39)40-33(5-2)49-35(44)43-14-12-42(13-15-43)34(24-6-10-30-26(17-24)19-45-21-47-30)25-7-11-31-27(18-25)20-46-22-48-31/h6-11,16-18,33-34H,4-5,12-15,19-22H2,1-3H3/q-1. The van der Waals surface area contributed by atoms with Gasteiger partial charge in [-0.05, 0) is 0 Å². The fraction of sp³-hybridized carbons (Fsp3) is 0.444. The molecule has 6 rings (SSSR count). The van der Waals surface area contributed by atoms with Gasteiger partial charge in [0.15, 0.2) is 13.6 Å². The van der Waals surface area contributed by atoms with Gasteiger partial charge in [0.05, 0.1) is 0 Å². The predicted molar refractivity (Wildman–Crippen MR) is 173 cm³/mol. The number of amides is 1. The summed E-state index contributed by atoms with van der Waals surface area (Å²) in [4.78, 5) is 22.3. The van der Waals surface area contributed by atoms with Crippen molar-refractivity contribution in [3.8, 4) is 11.5 Å². The van der Waals surface area contributed by atoms with E-state index in [1.165, 1.54) is 6.07 Å². The third kappa shape index (κ3) is 8.50. The molecule has 1 atom stereocenters. The Balaban J connectivity index is 1.13. The van der Waals surface area contributed by atoms with Crippen LogP contribution >= 0.6 is 0 Å². The first-order valence-corrected chi connectivity index (χ1v) is 18.7. The number of carbonyl (C=O) groups is 1. The van der Waals surface area contributed by atoms with Gasteiger partial charge in [0, 0.05) is 0 Å². The van der Waals surface area contributed by atoms with E-state index in [0.29, 0.717) is 63.5 Å². The maximum absolute atomic E-state index is 13.4. The van der Waals surface area contributed by atoms with Crippen molar-refractivity contribution in [3.05, 3.63) is 88.0 Å². The summed E-state index contributed by atoms with van der Waals surface area (Å²) in [5.41, 5.74) is 4.48. The number of ether oxygens (including phenoxy) is 5. The van der Waals surface area contributed by atoms with Crippen LogP contribution in [0.25, 0.3) is 0 Å². The average molecular weight is 795 g/mol. The van der Waals surface area contributed by atoms with E-state index in [-0.39, 0.29) is 29.8 Å². The molecule has 3 aliphatic rings. The zero-order valence-electron chi connectivity index (χ0n) is 27.7. The van der Waals surface area contributed by atoms with Crippen molar-refractivity contribution < 1.29 is 62.9 Å². The summed E-state index contributed by atoms with van der Waals surface area (Å²) in [6.07, 6.45) is -3.50. The Morgan fingerprint density at radius 1 is 0.898 bits per heavy atom. The zero-order valence-corrected chi connectivity index (χ0v) is 29.9. The van der Waals surface area contributed by atoms with E-state index >= 15 is 0 Å². The molecule has 1 saturated heterocycles. The topological polar surface area (TPSA) is 82.1 Å². The molecule has 49 heavy (non-hydrogen) atoms. The van der Waals surface area contributed by atoms with E-state index in [1.54, 1.807) is 11.8 Å². The first-order chi connectivity index (χ1) is 23.6. The van der Waals surface area contributed by atoms with Gasteiger partial charge >= 0.3 is 263 Å². The molecule has 0 aromatic heterocycles. The van der Waals surface area contributed by atoms with Gasteiger partial charge in [-0.25, -0.2) is 0 Å². The van der Waals surface area contributed by atoms with Crippen molar-refractivity contribution in [3.63, 3.8) is 0 Å². The number of aryl methyl sites for hydroxylation is 1. The number of fused-ring (bicyclic) bond motifs is 2. The molecule has 1 unspecified atom stereocenters. The zero-order chi connectivity index (χ0) is 34.5. The van der Waals surface area contributed by atoms with E-state index in [2.05, 4.69) is 29.2 Å². The van der Waals surface area contributed by atoms with E-state index in [4.69, 9.17) is 28.7 Å². The molecule has 9 nitrogen and oxygen atoms in total. The number of aliphatic imine (C=N–C) groups is 1. The second kappa shape index (κ2) is 15.7. The summed E-state index contributed by atoms with van der Waals surface area (Å²) in [7, 11) is 0. The molecular formula is C36H40F3IN3O6-. The van der Waals surface area contributed by atoms with Crippen molar-refractivity contribution in [1.29, 1.82) is 0 Å². The molecular weight excluding hydrogens is 754 g/mol. The number of benzene rings is 3. The van der Waals surface area contributed by atoms with Crippen molar-refractivity contribution in [2.45, 2.75) is 63.2 Å². The third-order valence-electron chi connectivity index (χ3n) is 8.70. The Hall–Kier alpha value is -3.40. The van der Waals surface area contributed by atoms with Crippen LogP contribution in [0.1, 0.15) is 66.1 Å². The van der Waals surface area contributed by atoms with Crippen molar-refractivity contribution in [2.24, 2.45) is 4.99 Å². The van der Waals surface area contributed by atoms with Gasteiger partial charge in [0.1, 0.15) is 0 Å². The van der Waals surface area contributed by atoms with Crippen LogP contribution in [0.2, 0.25) is 0 Å². The second-order valence-electron chi connectivity index (χ2n) is 12.0. The first kappa shape index (κ1) is 35.4. The second-order valence-corrected chi connectivity index (χ2v) is 15.3. The first-order valence-electron chi connectivity index (χ1n) is 16.4. The Labute approximate surface area is 294 Å². The Bertz CT molecular complexity index is 1620. The number of alkyl halides is 4. The number of hydrogen-bond acceptors (Lipinski definition) is 8. The van der Waals surface area contributed by atoms with Gasteiger partial charge in [-0.2, -0.15) is 0 Å². The summed E-state index contributed by atoms with van der Waals surface area (Å²) in [6.45, 7) is 9.28. The predicted octanol–water partition coefficient (Wildman–Crippen LogP) is 4.56. The van der Waals surface area contributed by atoms with Crippen LogP contribution in [-0.2, 0) is 33.6 Å². The molecule has 3 aromatic rings. The molecule has 264 valence electrons. The number of rotatable bonds is 9. The molecule has 1 amide bonds. The van der Waals surface area contributed by atoms with E-state index in [0.717, 1.165) is 49.6 Å². The van der Waals surface area contributed by atoms with Gasteiger partial charge in [-0.15, -0.1) is 0 Å². The van der Waals surface area contributed by atoms with Crippen LogP contribution < -0.4 is 30.7 Å². The summed E-state index contributed by atoms with van der Waals surface area (Å²) in [6, 6.07) is 16.0. The molecule has 1 fully saturated rings. The summed E-state index contributed by atoms with van der Waals surface area (Å²) >= 11 is -0.817. The number of hydrogen-bond donors (Lipinski definition) is 0. The molecule has 0 aliphatic carbocycles. The van der Waals surface area contributed by atoms with Crippen molar-refractivity contribution in [2.75, 3.05) is 39.8 Å². The average Bonchev–Trinajstić information content (AvgIpc) is 3.11. The molecule has 3 heterocycles. The van der Waals surface area contributed by atoms with E-state index in [1.807, 2.05) is 26.0 Å². The third-order valence-corrected chi connectivity index (χ3v) is 12.3. The Kier molecular flexibility index (Phi) is 11.3. The van der Waals surface area contributed by atoms with Crippen LogP contribution in [0.5, 0.6) is 11.5 Å². The van der Waals surface area contributed by atoms with Crippen LogP contribution in [0.4, 0.5) is 23.7 Å². The normalized spacial score (nSPS) is 17.6. The van der Waals surface area contributed by atoms with Gasteiger partial charge in [-0.1, -0.05) is 0 Å². The molecule has 0 saturated carbocycles. The number of nitrogens with zero attached hydrogens (tertiary/aromatic N) is 3. The van der Waals surface area contributed by atoms with E-state index < -0.39 is 32.9 Å². The van der Waals surface area contributed by atoms with Crippen LogP contribution in [0.15, 0.2) is 59.6 Å². The fourth-order valence-electron chi connectivity index (χ4n) is 6.11. The minimum absolute atomic E-state index is 0.0798.